The Morgan fingerprint density at radius 3 is 2.53 bits per heavy atom. The molecule has 0 aliphatic heterocycles. The second kappa shape index (κ2) is 5.64. The van der Waals surface area contributed by atoms with Gasteiger partial charge in [0.1, 0.15) is 5.82 Å². The highest BCUT2D eigenvalue weighted by atomic mass is 28.4. The first-order valence-corrected chi connectivity index (χ1v) is 9.03. The van der Waals surface area contributed by atoms with Crippen LogP contribution in [-0.4, -0.2) is 26.5 Å². The molecule has 0 atom stereocenters. The third-order valence-electron chi connectivity index (χ3n) is 3.34. The number of anilines is 1. The van der Waals surface area contributed by atoms with Gasteiger partial charge >= 0.3 is 0 Å². The van der Waals surface area contributed by atoms with E-state index in [4.69, 9.17) is 4.43 Å². The summed E-state index contributed by atoms with van der Waals surface area (Å²) in [5.74, 6) is 0.909. The van der Waals surface area contributed by atoms with Crippen LogP contribution in [0.4, 0.5) is 5.82 Å². The highest BCUT2D eigenvalue weighted by molar-refractivity contribution is 6.74. The van der Waals surface area contributed by atoms with E-state index in [1.165, 1.54) is 0 Å². The Bertz CT molecular complexity index is 333. The first-order valence-electron chi connectivity index (χ1n) is 6.12. The molecule has 0 saturated carbocycles. The first kappa shape index (κ1) is 14.2. The fourth-order valence-corrected chi connectivity index (χ4v) is 2.21. The molecule has 17 heavy (non-hydrogen) atoms. The van der Waals surface area contributed by atoms with Crippen molar-refractivity contribution in [2.75, 3.05) is 18.5 Å². The Morgan fingerprint density at radius 1 is 1.29 bits per heavy atom. The van der Waals surface area contributed by atoms with Gasteiger partial charge < -0.3 is 9.74 Å². The first-order chi connectivity index (χ1) is 7.83. The zero-order valence-electron chi connectivity index (χ0n) is 11.6. The molecule has 1 aromatic heterocycles. The van der Waals surface area contributed by atoms with Crippen LogP contribution in [0, 0.1) is 0 Å². The normalized spacial score (nSPS) is 12.5. The highest BCUT2D eigenvalue weighted by Gasteiger charge is 2.36. The minimum atomic E-state index is -1.60. The summed E-state index contributed by atoms with van der Waals surface area (Å²) in [7, 11) is -1.60. The number of hydrogen-bond acceptors (Lipinski definition) is 3. The minimum Gasteiger partial charge on any atom is -0.415 e. The molecule has 0 aliphatic rings. The summed E-state index contributed by atoms with van der Waals surface area (Å²) >= 11 is 0. The van der Waals surface area contributed by atoms with E-state index in [1.807, 2.05) is 18.2 Å². The van der Waals surface area contributed by atoms with Crippen molar-refractivity contribution in [1.29, 1.82) is 0 Å². The molecular weight excluding hydrogens is 228 g/mol. The van der Waals surface area contributed by atoms with Crippen LogP contribution in [0.15, 0.2) is 24.4 Å². The number of pyridine rings is 1. The smallest absolute Gasteiger partial charge is 0.192 e. The van der Waals surface area contributed by atoms with Crippen molar-refractivity contribution in [3.05, 3.63) is 24.4 Å². The van der Waals surface area contributed by atoms with E-state index in [-0.39, 0.29) is 5.04 Å². The zero-order valence-corrected chi connectivity index (χ0v) is 12.6. The van der Waals surface area contributed by atoms with Gasteiger partial charge in [-0.05, 0) is 30.3 Å². The Kier molecular flexibility index (Phi) is 4.71. The van der Waals surface area contributed by atoms with Gasteiger partial charge in [0.2, 0.25) is 0 Å². The van der Waals surface area contributed by atoms with Gasteiger partial charge in [-0.1, -0.05) is 26.8 Å². The van der Waals surface area contributed by atoms with Crippen molar-refractivity contribution in [2.45, 2.75) is 38.9 Å². The van der Waals surface area contributed by atoms with Crippen LogP contribution in [0.5, 0.6) is 0 Å². The summed E-state index contributed by atoms with van der Waals surface area (Å²) in [6.07, 6.45) is 1.79. The Labute approximate surface area is 106 Å². The minimum absolute atomic E-state index is 0.276. The monoisotopic (exact) mass is 252 g/mol. The van der Waals surface area contributed by atoms with Gasteiger partial charge in [-0.2, -0.15) is 0 Å². The second-order valence-electron chi connectivity index (χ2n) is 5.75. The third-order valence-corrected chi connectivity index (χ3v) is 7.88. The largest absolute Gasteiger partial charge is 0.415 e. The maximum Gasteiger partial charge on any atom is 0.192 e. The maximum absolute atomic E-state index is 6.06. The van der Waals surface area contributed by atoms with Crippen LogP contribution in [0.3, 0.4) is 0 Å². The Morgan fingerprint density at radius 2 is 2.00 bits per heavy atom. The van der Waals surface area contributed by atoms with E-state index in [1.54, 1.807) is 6.20 Å². The summed E-state index contributed by atoms with van der Waals surface area (Å²) in [5.41, 5.74) is 0. The van der Waals surface area contributed by atoms with E-state index in [2.05, 4.69) is 44.2 Å². The molecule has 0 unspecified atom stereocenters. The molecule has 0 radical (unpaired) electrons. The number of nitrogens with zero attached hydrogens (tertiary/aromatic N) is 1. The van der Waals surface area contributed by atoms with Gasteiger partial charge in [0.25, 0.3) is 0 Å². The fourth-order valence-electron chi connectivity index (χ4n) is 1.17. The van der Waals surface area contributed by atoms with Gasteiger partial charge in [0.05, 0.1) is 6.61 Å². The fraction of sp³-hybridized carbons (Fsp3) is 0.615. The van der Waals surface area contributed by atoms with Crippen LogP contribution in [0.2, 0.25) is 18.1 Å². The summed E-state index contributed by atoms with van der Waals surface area (Å²) in [6.45, 7) is 12.9. The van der Waals surface area contributed by atoms with Gasteiger partial charge in [0, 0.05) is 12.7 Å². The van der Waals surface area contributed by atoms with Gasteiger partial charge in [-0.25, -0.2) is 4.98 Å². The van der Waals surface area contributed by atoms with Crippen molar-refractivity contribution in [1.82, 2.24) is 4.98 Å². The maximum atomic E-state index is 6.06. The lowest BCUT2D eigenvalue weighted by atomic mass is 10.2. The molecule has 0 aromatic carbocycles. The Balaban J connectivity index is 2.30. The van der Waals surface area contributed by atoms with E-state index in [0.29, 0.717) is 0 Å². The van der Waals surface area contributed by atoms with Gasteiger partial charge in [-0.3, -0.25) is 0 Å². The van der Waals surface area contributed by atoms with Crippen LogP contribution >= 0.6 is 0 Å². The highest BCUT2D eigenvalue weighted by Crippen LogP contribution is 2.36. The molecule has 4 heteroatoms. The molecule has 1 N–H and O–H groups in total. The third kappa shape index (κ3) is 4.48. The topological polar surface area (TPSA) is 34.1 Å². The van der Waals surface area contributed by atoms with Crippen LogP contribution in [0.1, 0.15) is 20.8 Å². The van der Waals surface area contributed by atoms with Crippen molar-refractivity contribution >= 4 is 14.1 Å². The van der Waals surface area contributed by atoms with Crippen LogP contribution < -0.4 is 5.32 Å². The molecule has 96 valence electrons. The average molecular weight is 252 g/mol. The van der Waals surface area contributed by atoms with Crippen molar-refractivity contribution in [2.24, 2.45) is 0 Å². The molecule has 1 heterocycles. The molecule has 0 spiro atoms. The van der Waals surface area contributed by atoms with Crippen LogP contribution in [-0.2, 0) is 4.43 Å². The van der Waals surface area contributed by atoms with Gasteiger partial charge in [-0.15, -0.1) is 0 Å². The molecule has 3 nitrogen and oxygen atoms in total. The molecule has 0 amide bonds. The number of rotatable bonds is 5. The predicted octanol–water partition coefficient (Wildman–Crippen LogP) is 3.52. The van der Waals surface area contributed by atoms with E-state index in [9.17, 15) is 0 Å². The molecule has 0 bridgehead atoms. The molecule has 0 aliphatic carbocycles. The lowest BCUT2D eigenvalue weighted by Gasteiger charge is -2.36. The van der Waals surface area contributed by atoms with Crippen molar-refractivity contribution in [3.8, 4) is 0 Å². The van der Waals surface area contributed by atoms with E-state index in [0.717, 1.165) is 19.0 Å². The molecule has 0 saturated heterocycles. The van der Waals surface area contributed by atoms with Gasteiger partial charge in [0.15, 0.2) is 8.32 Å². The quantitative estimate of drug-likeness (QED) is 0.643. The van der Waals surface area contributed by atoms with E-state index >= 15 is 0 Å². The second-order valence-corrected chi connectivity index (χ2v) is 10.6. The Hall–Kier alpha value is -0.873. The van der Waals surface area contributed by atoms with Crippen molar-refractivity contribution in [3.63, 3.8) is 0 Å². The lowest BCUT2D eigenvalue weighted by Crippen LogP contribution is -2.41. The average Bonchev–Trinajstić information content (AvgIpc) is 2.24. The van der Waals surface area contributed by atoms with Crippen molar-refractivity contribution < 1.29 is 4.43 Å². The van der Waals surface area contributed by atoms with E-state index < -0.39 is 8.32 Å². The number of hydrogen-bond donors (Lipinski definition) is 1. The molecular formula is C13H24N2OSi. The van der Waals surface area contributed by atoms with Crippen LogP contribution in [0.25, 0.3) is 0 Å². The lowest BCUT2D eigenvalue weighted by molar-refractivity contribution is 0.301. The predicted molar refractivity (Wildman–Crippen MR) is 75.9 cm³/mol. The standard InChI is InChI=1S/C13H24N2OSi/c1-13(2,3)17(4,5)16-11-10-15-12-8-6-7-9-14-12/h6-9H,10-11H2,1-5H3,(H,14,15). The molecule has 1 rings (SSSR count). The summed E-state index contributed by atoms with van der Waals surface area (Å²) < 4.78 is 6.06. The number of aromatic nitrogens is 1. The molecule has 1 aromatic rings. The molecule has 0 fully saturated rings. The summed E-state index contributed by atoms with van der Waals surface area (Å²) in [4.78, 5) is 4.21. The summed E-state index contributed by atoms with van der Waals surface area (Å²) in [6, 6.07) is 5.85. The zero-order chi connectivity index (χ0) is 12.9. The summed E-state index contributed by atoms with van der Waals surface area (Å²) in [5, 5.41) is 3.53. The number of nitrogens with one attached hydrogen (secondary N) is 1. The SMILES string of the molecule is CC(C)(C)[Si](C)(C)OCCNc1ccccn1.